The first kappa shape index (κ1) is 21.3. The van der Waals surface area contributed by atoms with E-state index in [0.29, 0.717) is 6.61 Å². The van der Waals surface area contributed by atoms with Crippen molar-refractivity contribution in [1.82, 2.24) is 0 Å². The molecule has 1 aromatic carbocycles. The molecule has 0 N–H and O–H groups in total. The van der Waals surface area contributed by atoms with Crippen molar-refractivity contribution in [1.29, 1.82) is 0 Å². The Morgan fingerprint density at radius 1 is 1.36 bits per heavy atom. The van der Waals surface area contributed by atoms with Crippen LogP contribution in [0.2, 0.25) is 0 Å². The summed E-state index contributed by atoms with van der Waals surface area (Å²) in [7, 11) is 0. The number of rotatable bonds is 5. The number of fused-ring (bicyclic) bond motifs is 1. The van der Waals surface area contributed by atoms with Crippen molar-refractivity contribution in [3.63, 3.8) is 0 Å². The van der Waals surface area contributed by atoms with Gasteiger partial charge in [0.15, 0.2) is 6.10 Å². The first-order valence-electron chi connectivity index (χ1n) is 9.60. The van der Waals surface area contributed by atoms with Crippen molar-refractivity contribution < 1.29 is 19.0 Å². The quantitative estimate of drug-likeness (QED) is 0.489. The van der Waals surface area contributed by atoms with Gasteiger partial charge in [-0.25, -0.2) is 4.79 Å². The van der Waals surface area contributed by atoms with Crippen LogP contribution in [0.5, 0.6) is 5.75 Å². The summed E-state index contributed by atoms with van der Waals surface area (Å²) in [5.41, 5.74) is 3.65. The summed E-state index contributed by atoms with van der Waals surface area (Å²) in [6.45, 7) is 10.8. The Bertz CT molecular complexity index is 866. The fraction of sp³-hybridized carbons (Fsp3) is 0.500. The Morgan fingerprint density at radius 3 is 2.79 bits per heavy atom. The molecule has 0 saturated heterocycles. The third-order valence-corrected chi connectivity index (χ3v) is 6.31. The second kappa shape index (κ2) is 8.56. The van der Waals surface area contributed by atoms with Crippen molar-refractivity contribution in [3.05, 3.63) is 38.0 Å². The van der Waals surface area contributed by atoms with E-state index in [0.717, 1.165) is 50.6 Å². The lowest BCUT2D eigenvalue weighted by atomic mass is 9.95. The molecule has 3 rings (SSSR count). The molecule has 1 aliphatic heterocycles. The van der Waals surface area contributed by atoms with Gasteiger partial charge in [-0.15, -0.1) is 11.3 Å². The topological polar surface area (TPSA) is 44.8 Å². The third kappa shape index (κ3) is 4.61. The first-order valence-corrected chi connectivity index (χ1v) is 11.2. The molecule has 1 aliphatic rings. The van der Waals surface area contributed by atoms with Crippen molar-refractivity contribution in [2.75, 3.05) is 13.2 Å². The van der Waals surface area contributed by atoms with Crippen LogP contribution >= 0.6 is 27.3 Å². The van der Waals surface area contributed by atoms with Crippen LogP contribution in [-0.2, 0) is 20.7 Å². The number of aryl methyl sites for hydroxylation is 2. The molecule has 6 heteroatoms. The lowest BCUT2D eigenvalue weighted by Crippen LogP contribution is -2.29. The van der Waals surface area contributed by atoms with E-state index < -0.39 is 11.7 Å². The van der Waals surface area contributed by atoms with Gasteiger partial charge in [0.25, 0.3) is 0 Å². The second-order valence-corrected chi connectivity index (χ2v) is 10.4. The molecule has 1 unspecified atom stereocenters. The van der Waals surface area contributed by atoms with Gasteiger partial charge in [0, 0.05) is 16.0 Å². The summed E-state index contributed by atoms with van der Waals surface area (Å²) in [6, 6.07) is 6.25. The Kier molecular flexibility index (Phi) is 6.52. The van der Waals surface area contributed by atoms with Gasteiger partial charge in [-0.2, -0.15) is 0 Å². The van der Waals surface area contributed by atoms with Crippen molar-refractivity contribution in [3.8, 4) is 16.9 Å². The minimum absolute atomic E-state index is 0.318. The van der Waals surface area contributed by atoms with Gasteiger partial charge >= 0.3 is 5.97 Å². The maximum atomic E-state index is 12.8. The fourth-order valence-corrected chi connectivity index (χ4v) is 5.51. The molecule has 0 bridgehead atoms. The van der Waals surface area contributed by atoms with E-state index in [-0.39, 0.29) is 5.97 Å². The number of thiophene rings is 1. The molecular weight excluding hydrogens is 440 g/mol. The average Bonchev–Trinajstić information content (AvgIpc) is 2.92. The van der Waals surface area contributed by atoms with Gasteiger partial charge in [-0.05, 0) is 86.6 Å². The molecule has 28 heavy (non-hydrogen) atoms. The number of hydrogen-bond acceptors (Lipinski definition) is 5. The molecule has 0 fully saturated rings. The maximum Gasteiger partial charge on any atom is 0.340 e. The summed E-state index contributed by atoms with van der Waals surface area (Å²) in [5, 5.41) is 0. The Balaban J connectivity index is 2.12. The summed E-state index contributed by atoms with van der Waals surface area (Å²) in [5.74, 6) is 0.598. The molecular formula is C22H27BrO4S. The largest absolute Gasteiger partial charge is 0.493 e. The highest BCUT2D eigenvalue weighted by atomic mass is 79.9. The predicted octanol–water partition coefficient (Wildman–Crippen LogP) is 6.23. The van der Waals surface area contributed by atoms with Crippen molar-refractivity contribution in [2.24, 2.45) is 0 Å². The van der Waals surface area contributed by atoms with Gasteiger partial charge in [0.05, 0.1) is 22.6 Å². The van der Waals surface area contributed by atoms with E-state index in [2.05, 4.69) is 28.1 Å². The van der Waals surface area contributed by atoms with Crippen LogP contribution in [0.3, 0.4) is 0 Å². The summed E-state index contributed by atoms with van der Waals surface area (Å²) >= 11 is 5.33. The van der Waals surface area contributed by atoms with Crippen LogP contribution in [-0.4, -0.2) is 24.8 Å². The number of benzene rings is 1. The zero-order valence-electron chi connectivity index (χ0n) is 17.1. The summed E-state index contributed by atoms with van der Waals surface area (Å²) < 4.78 is 18.3. The maximum absolute atomic E-state index is 12.8. The van der Waals surface area contributed by atoms with Gasteiger partial charge in [0.2, 0.25) is 0 Å². The number of ether oxygens (including phenoxy) is 3. The highest BCUT2D eigenvalue weighted by Crippen LogP contribution is 2.46. The van der Waals surface area contributed by atoms with Gasteiger partial charge in [0.1, 0.15) is 5.75 Å². The molecule has 0 spiro atoms. The Morgan fingerprint density at radius 2 is 2.11 bits per heavy atom. The number of hydrogen-bond donors (Lipinski definition) is 0. The number of carbonyl (C=O) groups excluding carboxylic acids is 1. The van der Waals surface area contributed by atoms with Crippen LogP contribution in [0.25, 0.3) is 11.1 Å². The lowest BCUT2D eigenvalue weighted by molar-refractivity contribution is -0.166. The van der Waals surface area contributed by atoms with E-state index in [4.69, 9.17) is 14.2 Å². The van der Waals surface area contributed by atoms with Gasteiger partial charge < -0.3 is 14.2 Å². The van der Waals surface area contributed by atoms with Crippen molar-refractivity contribution >= 4 is 33.2 Å². The highest BCUT2D eigenvalue weighted by Gasteiger charge is 2.34. The lowest BCUT2D eigenvalue weighted by Gasteiger charge is -2.27. The van der Waals surface area contributed by atoms with E-state index >= 15 is 0 Å². The van der Waals surface area contributed by atoms with Crippen LogP contribution in [0.15, 0.2) is 22.0 Å². The normalized spacial score (nSPS) is 14.9. The molecule has 0 radical (unpaired) electrons. The molecule has 1 atom stereocenters. The summed E-state index contributed by atoms with van der Waals surface area (Å²) in [4.78, 5) is 13.9. The number of carbonyl (C=O) groups is 1. The predicted molar refractivity (Wildman–Crippen MR) is 116 cm³/mol. The fourth-order valence-electron chi connectivity index (χ4n) is 3.42. The van der Waals surface area contributed by atoms with Crippen LogP contribution in [0.1, 0.15) is 56.2 Å². The molecule has 0 aliphatic carbocycles. The van der Waals surface area contributed by atoms with E-state index in [1.165, 1.54) is 5.56 Å². The number of halogens is 1. The minimum Gasteiger partial charge on any atom is -0.493 e. The molecule has 0 saturated carbocycles. The van der Waals surface area contributed by atoms with Crippen molar-refractivity contribution in [2.45, 2.75) is 59.2 Å². The van der Waals surface area contributed by atoms with Crippen LogP contribution in [0.4, 0.5) is 0 Å². The Hall–Kier alpha value is -1.37. The molecule has 2 aromatic rings. The van der Waals surface area contributed by atoms with Crippen LogP contribution in [0, 0.1) is 6.92 Å². The van der Waals surface area contributed by atoms with E-state index in [9.17, 15) is 4.79 Å². The standard InChI is InChI=1S/C22H27BrO4S/c1-6-25-21(24)19(27-22(3,4)5)17-13(2)28-20(23)18(17)15-9-10-16-14(12-15)8-7-11-26-16/h9-10,12,19H,6-8,11H2,1-5H3. The zero-order valence-corrected chi connectivity index (χ0v) is 19.5. The monoisotopic (exact) mass is 466 g/mol. The SMILES string of the molecule is CCOC(=O)C(OC(C)(C)C)c1c(C)sc(Br)c1-c1ccc2c(c1)CCCO2. The van der Waals surface area contributed by atoms with E-state index in [1.54, 1.807) is 11.3 Å². The molecule has 2 heterocycles. The second-order valence-electron chi connectivity index (χ2n) is 7.86. The van der Waals surface area contributed by atoms with Gasteiger partial charge in [-0.1, -0.05) is 6.07 Å². The minimum atomic E-state index is -0.773. The molecule has 4 nitrogen and oxygen atoms in total. The zero-order chi connectivity index (χ0) is 20.5. The smallest absolute Gasteiger partial charge is 0.340 e. The molecule has 0 amide bonds. The van der Waals surface area contributed by atoms with Gasteiger partial charge in [-0.3, -0.25) is 0 Å². The Labute approximate surface area is 179 Å². The summed E-state index contributed by atoms with van der Waals surface area (Å²) in [6.07, 6.45) is 1.25. The van der Waals surface area contributed by atoms with E-state index in [1.807, 2.05) is 40.7 Å². The van der Waals surface area contributed by atoms with Crippen LogP contribution < -0.4 is 4.74 Å². The first-order chi connectivity index (χ1) is 13.2. The molecule has 1 aromatic heterocycles. The third-order valence-electron chi connectivity index (χ3n) is 4.52. The average molecular weight is 467 g/mol. The number of esters is 1. The highest BCUT2D eigenvalue weighted by molar-refractivity contribution is 9.11. The molecule has 152 valence electrons.